The van der Waals surface area contributed by atoms with Crippen molar-refractivity contribution in [1.29, 1.82) is 0 Å². The highest BCUT2D eigenvalue weighted by atomic mass is 28.4. The van der Waals surface area contributed by atoms with Crippen molar-refractivity contribution in [3.63, 3.8) is 0 Å². The van der Waals surface area contributed by atoms with Gasteiger partial charge in [-0.3, -0.25) is 9.80 Å². The van der Waals surface area contributed by atoms with Gasteiger partial charge in [-0.05, 0) is 98.6 Å². The SMILES string of the molecule is COc1ccc(Nc2ncc3c(n2)N(C2C[C@@H](O[Si](c4ccccc4)(c4ccccc4)C(C)(C)C)C[C@@H](O[Si](c4ccccc4)(c4ccccc4)C(C)(C)C)C2)C(=O)N(c2ccc(OC)cc2)C3)cc1. The molecule has 7 aromatic rings. The number of carbonyl (C=O) groups is 1. The number of ether oxygens (including phenoxy) is 2. The molecule has 1 saturated carbocycles. The topological polar surface area (TPSA) is 98.3 Å². The van der Waals surface area contributed by atoms with E-state index in [1.165, 1.54) is 20.7 Å². The monoisotopic (exact) mass is 967 g/mol. The summed E-state index contributed by atoms with van der Waals surface area (Å²) >= 11 is 0. The number of methoxy groups -OCH3 is 2. The van der Waals surface area contributed by atoms with Gasteiger partial charge in [0.05, 0.1) is 33.0 Å². The quantitative estimate of drug-likeness (QED) is 0.108. The lowest BCUT2D eigenvalue weighted by Crippen LogP contribution is -2.70. The fraction of sp³-hybridized carbons (Fsp3) is 0.293. The molecule has 0 bridgehead atoms. The molecule has 1 unspecified atom stereocenters. The predicted molar refractivity (Wildman–Crippen MR) is 288 cm³/mol. The highest BCUT2D eigenvalue weighted by Gasteiger charge is 2.56. The number of hydrogen-bond donors (Lipinski definition) is 1. The van der Waals surface area contributed by atoms with E-state index in [2.05, 4.69) is 168 Å². The Hall–Kier alpha value is -6.58. The molecular weight excluding hydrogens is 903 g/mol. The van der Waals surface area contributed by atoms with Crippen molar-refractivity contribution in [3.8, 4) is 11.5 Å². The predicted octanol–water partition coefficient (Wildman–Crippen LogP) is 10.6. The lowest BCUT2D eigenvalue weighted by atomic mass is 9.89. The summed E-state index contributed by atoms with van der Waals surface area (Å²) in [6, 6.07) is 58.0. The van der Waals surface area contributed by atoms with Crippen LogP contribution in [0, 0.1) is 0 Å². The van der Waals surface area contributed by atoms with Crippen LogP contribution < -0.4 is 45.3 Å². The van der Waals surface area contributed by atoms with Crippen LogP contribution in [-0.4, -0.2) is 65.1 Å². The Bertz CT molecular complexity index is 2660. The van der Waals surface area contributed by atoms with Crippen LogP contribution in [0.25, 0.3) is 0 Å². The van der Waals surface area contributed by atoms with Crippen LogP contribution >= 0.6 is 0 Å². The van der Waals surface area contributed by atoms with Gasteiger partial charge in [-0.25, -0.2) is 9.78 Å². The van der Waals surface area contributed by atoms with Crippen molar-refractivity contribution in [2.75, 3.05) is 29.3 Å². The van der Waals surface area contributed by atoms with Crippen molar-refractivity contribution in [2.24, 2.45) is 0 Å². The van der Waals surface area contributed by atoms with E-state index >= 15 is 4.79 Å². The second-order valence-corrected chi connectivity index (χ2v) is 29.0. The molecule has 1 aliphatic heterocycles. The van der Waals surface area contributed by atoms with Gasteiger partial charge in [0.15, 0.2) is 0 Å². The number of benzene rings is 6. The van der Waals surface area contributed by atoms with Crippen molar-refractivity contribution in [2.45, 2.75) is 95.7 Å². The van der Waals surface area contributed by atoms with Crippen LogP contribution in [-0.2, 0) is 15.4 Å². The number of aromatic nitrogens is 2. The van der Waals surface area contributed by atoms with Crippen LogP contribution in [0.15, 0.2) is 176 Å². The maximum Gasteiger partial charge on any atom is 0.330 e. The van der Waals surface area contributed by atoms with Crippen LogP contribution in [0.2, 0.25) is 10.1 Å². The molecule has 0 saturated heterocycles. The summed E-state index contributed by atoms with van der Waals surface area (Å²) in [5.74, 6) is 2.41. The summed E-state index contributed by atoms with van der Waals surface area (Å²) < 4.78 is 27.2. The zero-order valence-electron chi connectivity index (χ0n) is 41.6. The van der Waals surface area contributed by atoms with Gasteiger partial charge in [-0.1, -0.05) is 163 Å². The number of carbonyl (C=O) groups excluding carboxylic acids is 1. The maximum absolute atomic E-state index is 15.7. The van der Waals surface area contributed by atoms with Gasteiger partial charge < -0.3 is 23.6 Å². The summed E-state index contributed by atoms with van der Waals surface area (Å²) in [4.78, 5) is 29.5. The number of fused-ring (bicyclic) bond motifs is 1. The van der Waals surface area contributed by atoms with E-state index in [1.807, 2.05) is 64.5 Å². The van der Waals surface area contributed by atoms with Gasteiger partial charge in [0.2, 0.25) is 5.95 Å². The molecule has 1 N–H and O–H groups in total. The first kappa shape index (κ1) is 48.4. The lowest BCUT2D eigenvalue weighted by molar-refractivity contribution is 0.0473. The molecule has 3 atom stereocenters. The number of rotatable bonds is 14. The molecule has 2 heterocycles. The van der Waals surface area contributed by atoms with Crippen molar-refractivity contribution in [1.82, 2.24) is 9.97 Å². The van der Waals surface area contributed by atoms with E-state index in [4.69, 9.17) is 28.3 Å². The molecule has 360 valence electrons. The third-order valence-corrected chi connectivity index (χ3v) is 24.2. The van der Waals surface area contributed by atoms with E-state index in [9.17, 15) is 0 Å². The van der Waals surface area contributed by atoms with Crippen LogP contribution in [0.3, 0.4) is 0 Å². The fourth-order valence-electron chi connectivity index (χ4n) is 10.8. The van der Waals surface area contributed by atoms with E-state index in [-0.39, 0.29) is 34.9 Å². The minimum atomic E-state index is -3.11. The van der Waals surface area contributed by atoms with E-state index in [1.54, 1.807) is 14.2 Å². The van der Waals surface area contributed by atoms with Crippen molar-refractivity contribution >= 4 is 66.6 Å². The minimum Gasteiger partial charge on any atom is -0.497 e. The Kier molecular flexibility index (Phi) is 13.9. The smallest absolute Gasteiger partial charge is 0.330 e. The van der Waals surface area contributed by atoms with E-state index in [0.29, 0.717) is 36.8 Å². The Balaban J connectivity index is 1.22. The lowest BCUT2D eigenvalue weighted by Gasteiger charge is -2.51. The highest BCUT2D eigenvalue weighted by Crippen LogP contribution is 2.45. The Labute approximate surface area is 415 Å². The molecule has 70 heavy (non-hydrogen) atoms. The Morgan fingerprint density at radius 1 is 0.557 bits per heavy atom. The summed E-state index contributed by atoms with van der Waals surface area (Å²) in [5, 5.41) is 7.63. The fourth-order valence-corrected chi connectivity index (χ4v) is 20.2. The number of amides is 2. The molecule has 2 amide bonds. The first-order chi connectivity index (χ1) is 33.7. The normalized spacial score (nSPS) is 17.7. The minimum absolute atomic E-state index is 0.174. The number of urea groups is 1. The average molecular weight is 968 g/mol. The molecule has 1 aromatic heterocycles. The molecule has 6 aromatic carbocycles. The van der Waals surface area contributed by atoms with E-state index < -0.39 is 22.7 Å². The summed E-state index contributed by atoms with van der Waals surface area (Å²) in [6.45, 7) is 14.2. The van der Waals surface area contributed by atoms with Gasteiger partial charge in [-0.15, -0.1) is 0 Å². The molecule has 1 fully saturated rings. The van der Waals surface area contributed by atoms with Crippen LogP contribution in [0.4, 0.5) is 27.9 Å². The molecule has 0 spiro atoms. The second kappa shape index (κ2) is 20.0. The van der Waals surface area contributed by atoms with Crippen molar-refractivity contribution < 1.29 is 23.1 Å². The standard InChI is InChI=1S/C58H65N5O5Si2/c1-57(2,3)69(50-21-13-9-14-22-50,51-23-15-10-16-24-51)67-48-37-45(38-49(39-48)68-70(58(4,5)6,52-25-17-11-18-26-52)53-27-19-12-20-28-53)63-54-42(41-62(56(63)64)44-31-35-47(66-8)36-32-44)40-59-55(61-54)60-43-29-33-46(65-7)34-30-43/h9-36,40,45,48-49H,37-39,41H2,1-8H3,(H,59,60,61)/t45?,48-,49+. The molecule has 10 nitrogen and oxygen atoms in total. The molecule has 0 radical (unpaired) electrons. The maximum atomic E-state index is 15.7. The van der Waals surface area contributed by atoms with Gasteiger partial charge >= 0.3 is 6.03 Å². The molecule has 12 heteroatoms. The number of nitrogens with one attached hydrogen (secondary N) is 1. The molecule has 9 rings (SSSR count). The van der Waals surface area contributed by atoms with Crippen LogP contribution in [0.1, 0.15) is 66.4 Å². The van der Waals surface area contributed by atoms with E-state index in [0.717, 1.165) is 22.7 Å². The van der Waals surface area contributed by atoms with Gasteiger partial charge in [0.25, 0.3) is 16.6 Å². The Morgan fingerprint density at radius 3 is 1.37 bits per heavy atom. The third kappa shape index (κ3) is 9.40. The second-order valence-electron chi connectivity index (χ2n) is 20.5. The average Bonchev–Trinajstić information content (AvgIpc) is 3.37. The summed E-state index contributed by atoms with van der Waals surface area (Å²) in [5.41, 5.74) is 2.37. The first-order valence-electron chi connectivity index (χ1n) is 24.3. The third-order valence-electron chi connectivity index (χ3n) is 14.0. The number of nitrogens with zero attached hydrogens (tertiary/aromatic N) is 4. The number of hydrogen-bond acceptors (Lipinski definition) is 8. The summed E-state index contributed by atoms with van der Waals surface area (Å²) in [6.07, 6.45) is 2.95. The van der Waals surface area contributed by atoms with Gasteiger partial charge in [0.1, 0.15) is 17.3 Å². The number of anilines is 4. The molecule has 1 aliphatic carbocycles. The van der Waals surface area contributed by atoms with Crippen LogP contribution in [0.5, 0.6) is 11.5 Å². The summed E-state index contributed by atoms with van der Waals surface area (Å²) in [7, 11) is -2.92. The van der Waals surface area contributed by atoms with Gasteiger partial charge in [0, 0.05) is 29.2 Å². The zero-order valence-corrected chi connectivity index (χ0v) is 43.6. The Morgan fingerprint density at radius 2 is 0.971 bits per heavy atom. The zero-order chi connectivity index (χ0) is 49.1. The molecular formula is C58H65N5O5Si2. The highest BCUT2D eigenvalue weighted by molar-refractivity contribution is 7.00. The van der Waals surface area contributed by atoms with Gasteiger partial charge in [-0.2, -0.15) is 4.98 Å². The van der Waals surface area contributed by atoms with Crippen molar-refractivity contribution in [3.05, 3.63) is 182 Å². The largest absolute Gasteiger partial charge is 0.497 e. The first-order valence-corrected chi connectivity index (χ1v) is 28.2. The molecule has 2 aliphatic rings.